The van der Waals surface area contributed by atoms with Gasteiger partial charge in [0.1, 0.15) is 0 Å². The number of benzene rings is 1. The van der Waals surface area contributed by atoms with E-state index >= 15 is 0 Å². The van der Waals surface area contributed by atoms with Gasteiger partial charge in [-0.25, -0.2) is 0 Å². The summed E-state index contributed by atoms with van der Waals surface area (Å²) in [5, 5.41) is 0. The van der Waals surface area contributed by atoms with Crippen LogP contribution in [0.3, 0.4) is 0 Å². The number of fused-ring (bicyclic) bond motifs is 1. The Hall–Kier alpha value is -1.24. The highest BCUT2D eigenvalue weighted by Crippen LogP contribution is 2.46. The van der Waals surface area contributed by atoms with E-state index in [-0.39, 0.29) is 5.41 Å². The molecular weight excluding hydrogens is 218 g/mol. The van der Waals surface area contributed by atoms with Crippen molar-refractivity contribution >= 4 is 5.69 Å². The van der Waals surface area contributed by atoms with Crippen LogP contribution in [0.5, 0.6) is 0 Å². The molecule has 0 unspecified atom stereocenters. The normalized spacial score (nSPS) is 17.1. The third-order valence-corrected chi connectivity index (χ3v) is 4.29. The maximum atomic E-state index is 4.23. The molecule has 0 amide bonds. The second kappa shape index (κ2) is 4.79. The lowest BCUT2D eigenvalue weighted by molar-refractivity contribution is 0.641. The summed E-state index contributed by atoms with van der Waals surface area (Å²) >= 11 is 0. The number of hydrogen-bond donors (Lipinski definition) is 0. The summed E-state index contributed by atoms with van der Waals surface area (Å²) in [6, 6.07) is 6.93. The summed E-state index contributed by atoms with van der Waals surface area (Å²) in [7, 11) is 2.12. The van der Waals surface area contributed by atoms with Crippen LogP contribution >= 0.6 is 0 Å². The van der Waals surface area contributed by atoms with Gasteiger partial charge in [-0.1, -0.05) is 52.3 Å². The average Bonchev–Trinajstić information content (AvgIpc) is 2.52. The minimum absolute atomic E-state index is 0.0743. The van der Waals surface area contributed by atoms with Crippen LogP contribution in [0.1, 0.15) is 51.2 Å². The monoisotopic (exact) mass is 243 g/mol. The van der Waals surface area contributed by atoms with Crippen molar-refractivity contribution < 1.29 is 0 Å². The minimum atomic E-state index is 0.0743. The molecule has 1 aromatic carbocycles. The number of allylic oxidation sites excluding steroid dienone is 1. The lowest BCUT2D eigenvalue weighted by Crippen LogP contribution is -2.21. The Bertz CT molecular complexity index is 457. The van der Waals surface area contributed by atoms with Crippen LogP contribution in [0, 0.1) is 0 Å². The summed E-state index contributed by atoms with van der Waals surface area (Å²) in [4.78, 5) is 2.23. The number of unbranched alkanes of at least 4 members (excludes halogenated alkanes) is 2. The first kappa shape index (κ1) is 13.2. The molecule has 1 heterocycles. The molecule has 0 saturated carbocycles. The van der Waals surface area contributed by atoms with Crippen LogP contribution < -0.4 is 4.90 Å². The number of rotatable bonds is 4. The highest BCUT2D eigenvalue weighted by atomic mass is 15.1. The fourth-order valence-corrected chi connectivity index (χ4v) is 2.83. The Balaban J connectivity index is 2.27. The molecule has 0 radical (unpaired) electrons. The third kappa shape index (κ3) is 2.07. The van der Waals surface area contributed by atoms with Crippen LogP contribution in [0.4, 0.5) is 5.69 Å². The largest absolute Gasteiger partial charge is 0.348 e. The zero-order valence-electron chi connectivity index (χ0n) is 12.2. The molecule has 1 aromatic rings. The molecule has 98 valence electrons. The third-order valence-electron chi connectivity index (χ3n) is 4.29. The first-order chi connectivity index (χ1) is 8.48. The van der Waals surface area contributed by atoms with Gasteiger partial charge < -0.3 is 4.90 Å². The summed E-state index contributed by atoms with van der Waals surface area (Å²) < 4.78 is 0. The van der Waals surface area contributed by atoms with Crippen LogP contribution in [-0.2, 0) is 11.8 Å². The van der Waals surface area contributed by atoms with Gasteiger partial charge in [0.25, 0.3) is 0 Å². The molecule has 0 bridgehead atoms. The first-order valence-electron chi connectivity index (χ1n) is 7.05. The van der Waals surface area contributed by atoms with E-state index in [1.165, 1.54) is 48.2 Å². The highest BCUT2D eigenvalue weighted by molar-refractivity contribution is 5.69. The molecule has 2 rings (SSSR count). The van der Waals surface area contributed by atoms with E-state index in [1.54, 1.807) is 0 Å². The van der Waals surface area contributed by atoms with E-state index in [2.05, 4.69) is 57.5 Å². The fraction of sp³-hybridized carbons (Fsp3) is 0.529. The Morgan fingerprint density at radius 2 is 1.94 bits per heavy atom. The fourth-order valence-electron chi connectivity index (χ4n) is 2.83. The van der Waals surface area contributed by atoms with Crippen LogP contribution in [-0.4, -0.2) is 7.05 Å². The number of nitrogens with zero attached hydrogens (tertiary/aromatic N) is 1. The molecular formula is C17H25N. The lowest BCUT2D eigenvalue weighted by Gasteiger charge is -2.22. The molecule has 0 saturated heterocycles. The average molecular weight is 243 g/mol. The van der Waals surface area contributed by atoms with Gasteiger partial charge >= 0.3 is 0 Å². The first-order valence-corrected chi connectivity index (χ1v) is 7.05. The van der Waals surface area contributed by atoms with E-state index < -0.39 is 0 Å². The molecule has 0 atom stereocenters. The topological polar surface area (TPSA) is 3.24 Å². The molecule has 0 fully saturated rings. The quantitative estimate of drug-likeness (QED) is 0.695. The number of likely N-dealkylation sites (N-methyl/N-ethyl adjacent to an activating group) is 1. The molecule has 1 aliphatic rings. The van der Waals surface area contributed by atoms with Gasteiger partial charge in [-0.15, -0.1) is 0 Å². The summed E-state index contributed by atoms with van der Waals surface area (Å²) in [6.07, 6.45) is 5.11. The Kier molecular flexibility index (Phi) is 3.52. The van der Waals surface area contributed by atoms with Crippen LogP contribution in [0.15, 0.2) is 30.5 Å². The van der Waals surface area contributed by atoms with Crippen molar-refractivity contribution in [3.05, 3.63) is 41.6 Å². The standard InChI is InChI=1S/C17H25N/c1-6-7-8-9-14-10-11-16-15(12-14)17(3,4)13(2)18(16)5/h10-12H,2,6-9H2,1,3-5H3. The lowest BCUT2D eigenvalue weighted by atomic mass is 9.83. The molecule has 1 nitrogen and oxygen atoms in total. The van der Waals surface area contributed by atoms with Gasteiger partial charge in [-0.05, 0) is 30.0 Å². The summed E-state index contributed by atoms with van der Waals surface area (Å²) in [5.74, 6) is 0. The number of anilines is 1. The van der Waals surface area contributed by atoms with Crippen molar-refractivity contribution in [3.63, 3.8) is 0 Å². The van der Waals surface area contributed by atoms with Crippen molar-refractivity contribution in [2.24, 2.45) is 0 Å². The van der Waals surface area contributed by atoms with E-state index in [0.29, 0.717) is 0 Å². The molecule has 0 spiro atoms. The number of aryl methyl sites for hydroxylation is 1. The van der Waals surface area contributed by atoms with Gasteiger partial charge in [0.2, 0.25) is 0 Å². The summed E-state index contributed by atoms with van der Waals surface area (Å²) in [6.45, 7) is 11.0. The summed E-state index contributed by atoms with van der Waals surface area (Å²) in [5.41, 5.74) is 5.50. The smallest absolute Gasteiger partial charge is 0.0447 e. The van der Waals surface area contributed by atoms with Crippen molar-refractivity contribution in [1.82, 2.24) is 0 Å². The van der Waals surface area contributed by atoms with E-state index in [4.69, 9.17) is 0 Å². The Morgan fingerprint density at radius 3 is 2.61 bits per heavy atom. The Morgan fingerprint density at radius 1 is 1.22 bits per heavy atom. The SMILES string of the molecule is C=C1N(C)c2ccc(CCCCC)cc2C1(C)C. The van der Waals surface area contributed by atoms with Gasteiger partial charge in [0.15, 0.2) is 0 Å². The second-order valence-electron chi connectivity index (χ2n) is 5.94. The van der Waals surface area contributed by atoms with E-state index in [0.717, 1.165) is 0 Å². The molecule has 1 aliphatic heterocycles. The maximum absolute atomic E-state index is 4.23. The van der Waals surface area contributed by atoms with Crippen molar-refractivity contribution in [3.8, 4) is 0 Å². The van der Waals surface area contributed by atoms with Gasteiger partial charge in [-0.2, -0.15) is 0 Å². The van der Waals surface area contributed by atoms with Crippen LogP contribution in [0.25, 0.3) is 0 Å². The zero-order valence-corrected chi connectivity index (χ0v) is 12.2. The van der Waals surface area contributed by atoms with Gasteiger partial charge in [0.05, 0.1) is 0 Å². The van der Waals surface area contributed by atoms with Crippen LogP contribution in [0.2, 0.25) is 0 Å². The molecule has 18 heavy (non-hydrogen) atoms. The minimum Gasteiger partial charge on any atom is -0.348 e. The number of hydrogen-bond acceptors (Lipinski definition) is 1. The molecule has 0 aliphatic carbocycles. The van der Waals surface area contributed by atoms with E-state index in [1.807, 2.05) is 0 Å². The highest BCUT2D eigenvalue weighted by Gasteiger charge is 2.37. The van der Waals surface area contributed by atoms with Crippen molar-refractivity contribution in [2.75, 3.05) is 11.9 Å². The predicted octanol–water partition coefficient (Wildman–Crippen LogP) is 4.66. The second-order valence-corrected chi connectivity index (χ2v) is 5.94. The van der Waals surface area contributed by atoms with E-state index in [9.17, 15) is 0 Å². The predicted molar refractivity (Wildman–Crippen MR) is 80.2 cm³/mol. The molecule has 0 aromatic heterocycles. The van der Waals surface area contributed by atoms with Crippen molar-refractivity contribution in [1.29, 1.82) is 0 Å². The van der Waals surface area contributed by atoms with Gasteiger partial charge in [-0.3, -0.25) is 0 Å². The van der Waals surface area contributed by atoms with Gasteiger partial charge in [0, 0.05) is 23.8 Å². The van der Waals surface area contributed by atoms with Crippen molar-refractivity contribution in [2.45, 2.75) is 51.9 Å². The molecule has 0 N–H and O–H groups in total. The Labute approximate surface area is 112 Å². The maximum Gasteiger partial charge on any atom is 0.0447 e. The molecule has 1 heteroatoms. The zero-order chi connectivity index (χ0) is 13.3.